The molecule has 0 radical (unpaired) electrons. The number of carboxylic acid groups (broad SMARTS) is 1. The second-order valence-corrected chi connectivity index (χ2v) is 12.4. The smallest absolute Gasteiger partial charge is 0.116 e. The van der Waals surface area contributed by atoms with E-state index in [-0.39, 0.29) is 0 Å². The van der Waals surface area contributed by atoms with Gasteiger partial charge in [0.2, 0.25) is 0 Å². The second-order valence-electron chi connectivity index (χ2n) is 8.96. The number of aliphatic carboxylic acids is 1. The van der Waals surface area contributed by atoms with Crippen LogP contribution in [-0.2, 0) is 11.0 Å². The second kappa shape index (κ2) is 11.3. The fraction of sp³-hybridized carbons (Fsp3) is 0.194. The lowest BCUT2D eigenvalue weighted by Crippen LogP contribution is -2.33. The first-order valence-corrected chi connectivity index (χ1v) is 13.5. The molecule has 2 nitrogen and oxygen atoms in total. The minimum Gasteiger partial charge on any atom is -0.550 e. The molecule has 0 atom stereocenters. The van der Waals surface area contributed by atoms with Crippen LogP contribution >= 0.6 is 7.26 Å². The van der Waals surface area contributed by atoms with E-state index in [1.165, 1.54) is 43.7 Å². The van der Waals surface area contributed by atoms with E-state index in [9.17, 15) is 0 Å². The highest BCUT2D eigenvalue weighted by Crippen LogP contribution is 2.58. The van der Waals surface area contributed by atoms with Crippen molar-refractivity contribution in [3.05, 3.63) is 125 Å². The first-order chi connectivity index (χ1) is 16.2. The summed E-state index contributed by atoms with van der Waals surface area (Å²) in [6.45, 7) is 9.75. The van der Waals surface area contributed by atoms with Gasteiger partial charge >= 0.3 is 0 Å². The maximum Gasteiger partial charge on any atom is 0.116 e. The van der Waals surface area contributed by atoms with E-state index in [1.807, 2.05) is 0 Å². The Balaban J connectivity index is 0.000000751. The quantitative estimate of drug-likeness (QED) is 0.379. The molecule has 0 saturated heterocycles. The molecule has 0 N–H and O–H groups in total. The highest BCUT2D eigenvalue weighted by molar-refractivity contribution is 7.95. The van der Waals surface area contributed by atoms with Crippen LogP contribution in [-0.4, -0.2) is 5.97 Å². The van der Waals surface area contributed by atoms with Crippen LogP contribution in [0.5, 0.6) is 0 Å². The molecule has 0 aliphatic carbocycles. The molecule has 174 valence electrons. The molecular weight excluding hydrogens is 435 g/mol. The Morgan fingerprint density at radius 1 is 0.618 bits per heavy atom. The SMILES string of the molecule is CC(=O)[O-].Cc1ccc(C[P+](c2cccc(C)c2)(c2cccc(C)c2)c2cccc(C)c2)cc1. The molecular formula is C31H33O2P. The Bertz CT molecular complexity index is 1140. The van der Waals surface area contributed by atoms with Gasteiger partial charge in [0, 0.05) is 5.97 Å². The van der Waals surface area contributed by atoms with E-state index < -0.39 is 13.2 Å². The summed E-state index contributed by atoms with van der Waals surface area (Å²) in [5.74, 6) is -1.08. The van der Waals surface area contributed by atoms with Gasteiger partial charge in [0.05, 0.1) is 6.16 Å². The average Bonchev–Trinajstić information content (AvgIpc) is 2.78. The molecule has 0 fully saturated rings. The van der Waals surface area contributed by atoms with Gasteiger partial charge in [0.15, 0.2) is 0 Å². The van der Waals surface area contributed by atoms with Gasteiger partial charge in [-0.15, -0.1) is 0 Å². The molecule has 4 aromatic rings. The molecule has 0 aliphatic heterocycles. The van der Waals surface area contributed by atoms with Crippen LogP contribution in [0.15, 0.2) is 97.1 Å². The third-order valence-corrected chi connectivity index (χ3v) is 10.2. The Kier molecular flexibility index (Phi) is 8.42. The Morgan fingerprint density at radius 3 is 1.29 bits per heavy atom. The summed E-state index contributed by atoms with van der Waals surface area (Å²) in [7, 11) is -1.87. The topological polar surface area (TPSA) is 40.1 Å². The predicted octanol–water partition coefficient (Wildman–Crippen LogP) is 5.17. The fourth-order valence-corrected chi connectivity index (χ4v) is 8.78. The number of carbonyl (C=O) groups is 1. The normalized spacial score (nSPS) is 10.9. The third kappa shape index (κ3) is 6.22. The highest BCUT2D eigenvalue weighted by atomic mass is 31.2. The van der Waals surface area contributed by atoms with E-state index in [1.54, 1.807) is 0 Å². The van der Waals surface area contributed by atoms with E-state index in [0.29, 0.717) is 0 Å². The highest BCUT2D eigenvalue weighted by Gasteiger charge is 2.45. The monoisotopic (exact) mass is 468 g/mol. The zero-order valence-electron chi connectivity index (χ0n) is 20.7. The molecule has 0 aromatic heterocycles. The summed E-state index contributed by atoms with van der Waals surface area (Å²) in [4.78, 5) is 8.89. The molecule has 0 saturated carbocycles. The number of benzene rings is 4. The number of carboxylic acids is 1. The van der Waals surface area contributed by atoms with Crippen molar-refractivity contribution in [1.82, 2.24) is 0 Å². The summed E-state index contributed by atoms with van der Waals surface area (Å²) >= 11 is 0. The van der Waals surface area contributed by atoms with Crippen molar-refractivity contribution < 1.29 is 9.90 Å². The van der Waals surface area contributed by atoms with Gasteiger partial charge in [-0.05, 0) is 93.3 Å². The minimum atomic E-state index is -1.87. The lowest BCUT2D eigenvalue weighted by molar-refractivity contribution is -0.302. The number of hydrogen-bond acceptors (Lipinski definition) is 2. The van der Waals surface area contributed by atoms with Crippen LogP contribution in [0.25, 0.3) is 0 Å². The predicted molar refractivity (Wildman–Crippen MR) is 145 cm³/mol. The van der Waals surface area contributed by atoms with E-state index in [0.717, 1.165) is 13.1 Å². The van der Waals surface area contributed by atoms with Crippen molar-refractivity contribution in [3.63, 3.8) is 0 Å². The van der Waals surface area contributed by atoms with Crippen molar-refractivity contribution >= 4 is 29.1 Å². The van der Waals surface area contributed by atoms with Crippen molar-refractivity contribution in [3.8, 4) is 0 Å². The molecule has 0 spiro atoms. The van der Waals surface area contributed by atoms with Gasteiger partial charge in [-0.3, -0.25) is 0 Å². The van der Waals surface area contributed by atoms with Crippen LogP contribution in [0.2, 0.25) is 0 Å². The van der Waals surface area contributed by atoms with Crippen molar-refractivity contribution in [2.75, 3.05) is 0 Å². The number of rotatable bonds is 5. The maximum absolute atomic E-state index is 8.89. The van der Waals surface area contributed by atoms with Crippen LogP contribution < -0.4 is 21.0 Å². The van der Waals surface area contributed by atoms with Gasteiger partial charge in [0.1, 0.15) is 23.2 Å². The Labute approximate surface area is 204 Å². The first kappa shape index (κ1) is 25.4. The number of hydrogen-bond donors (Lipinski definition) is 0. The van der Waals surface area contributed by atoms with E-state index in [4.69, 9.17) is 9.90 Å². The van der Waals surface area contributed by atoms with E-state index in [2.05, 4.69) is 125 Å². The molecule has 3 heteroatoms. The van der Waals surface area contributed by atoms with Gasteiger partial charge in [0.25, 0.3) is 0 Å². The molecule has 0 amide bonds. The number of aryl methyl sites for hydroxylation is 4. The van der Waals surface area contributed by atoms with Gasteiger partial charge < -0.3 is 9.90 Å². The third-order valence-electron chi connectivity index (χ3n) is 5.87. The summed E-state index contributed by atoms with van der Waals surface area (Å²) in [5.41, 5.74) is 6.67. The van der Waals surface area contributed by atoms with E-state index >= 15 is 0 Å². The van der Waals surface area contributed by atoms with Crippen LogP contribution in [0.1, 0.15) is 34.7 Å². The van der Waals surface area contributed by atoms with Crippen molar-refractivity contribution in [1.29, 1.82) is 0 Å². The Morgan fingerprint density at radius 2 is 0.971 bits per heavy atom. The van der Waals surface area contributed by atoms with Crippen molar-refractivity contribution in [2.45, 2.75) is 40.8 Å². The zero-order valence-corrected chi connectivity index (χ0v) is 21.6. The summed E-state index contributed by atoms with van der Waals surface area (Å²) in [6.07, 6.45) is 1.03. The fourth-order valence-electron chi connectivity index (χ4n) is 4.28. The summed E-state index contributed by atoms with van der Waals surface area (Å²) in [6, 6.07) is 36.7. The average molecular weight is 469 g/mol. The lowest BCUT2D eigenvalue weighted by atomic mass is 10.2. The molecule has 0 unspecified atom stereocenters. The van der Waals surface area contributed by atoms with Crippen LogP contribution in [0.4, 0.5) is 0 Å². The van der Waals surface area contributed by atoms with Crippen LogP contribution in [0.3, 0.4) is 0 Å². The molecule has 4 rings (SSSR count). The lowest BCUT2D eigenvalue weighted by Gasteiger charge is -2.28. The zero-order chi connectivity index (χ0) is 24.7. The molecule has 34 heavy (non-hydrogen) atoms. The molecule has 0 bridgehead atoms. The molecule has 0 heterocycles. The Hall–Kier alpha value is -3.22. The minimum absolute atomic E-state index is 0.972. The maximum atomic E-state index is 8.89. The van der Waals surface area contributed by atoms with Gasteiger partial charge in [-0.2, -0.15) is 0 Å². The summed E-state index contributed by atoms with van der Waals surface area (Å²) < 4.78 is 0. The standard InChI is InChI=1S/C29H30P.C2H4O2/c1-22-14-16-26(17-15-22)21-30(27-11-5-8-23(2)18-27,28-12-6-9-24(3)19-28)29-13-7-10-25(4)20-29;1-2(3)4/h5-20H,21H2,1-4H3;1H3,(H,3,4)/q+1;/p-1. The molecule has 0 aliphatic rings. The first-order valence-electron chi connectivity index (χ1n) is 11.5. The van der Waals surface area contributed by atoms with Gasteiger partial charge in [-0.1, -0.05) is 66.2 Å². The van der Waals surface area contributed by atoms with Crippen LogP contribution in [0, 0.1) is 27.7 Å². The molecule has 4 aromatic carbocycles. The van der Waals surface area contributed by atoms with Crippen molar-refractivity contribution in [2.24, 2.45) is 0 Å². The summed E-state index contributed by atoms with van der Waals surface area (Å²) in [5, 5.41) is 13.3. The largest absolute Gasteiger partial charge is 0.550 e. The van der Waals surface area contributed by atoms with Gasteiger partial charge in [-0.25, -0.2) is 0 Å². The number of carbonyl (C=O) groups excluding carboxylic acids is 1.